The number of nitrogens with zero attached hydrogens (tertiary/aromatic N) is 2. The number of hydrogen-bond acceptors (Lipinski definition) is 4. The number of hydrogen-bond donors (Lipinski definition) is 1. The Morgan fingerprint density at radius 1 is 1.19 bits per heavy atom. The largest absolute Gasteiger partial charge is 0.459 e. The van der Waals surface area contributed by atoms with Crippen molar-refractivity contribution in [3.05, 3.63) is 46.3 Å². The highest BCUT2D eigenvalue weighted by Crippen LogP contribution is 2.15. The van der Waals surface area contributed by atoms with Gasteiger partial charge in [0.25, 0.3) is 0 Å². The van der Waals surface area contributed by atoms with Crippen LogP contribution in [0.5, 0.6) is 0 Å². The van der Waals surface area contributed by atoms with Gasteiger partial charge in [-0.15, -0.1) is 0 Å². The molecule has 0 aliphatic heterocycles. The highest BCUT2D eigenvalue weighted by atomic mass is 16.5. The summed E-state index contributed by atoms with van der Waals surface area (Å²) in [5, 5.41) is 4.22. The van der Waals surface area contributed by atoms with Gasteiger partial charge in [-0.2, -0.15) is 5.10 Å². The number of ether oxygens (including phenoxy) is 1. The normalized spacial score (nSPS) is 10.7. The maximum Gasteiger partial charge on any atom is 0.328 e. The predicted molar refractivity (Wildman–Crippen MR) is 81.8 cm³/mol. The fourth-order valence-electron chi connectivity index (χ4n) is 2.35. The zero-order valence-corrected chi connectivity index (χ0v) is 12.9. The number of carbonyl (C=O) groups excluding carboxylic acids is 1. The molecule has 0 amide bonds. The Kier molecular flexibility index (Phi) is 4.31. The minimum Gasteiger partial charge on any atom is -0.459 e. The molecule has 2 N–H and O–H groups in total. The van der Waals surface area contributed by atoms with Crippen LogP contribution in [0.1, 0.15) is 28.1 Å². The van der Waals surface area contributed by atoms with Crippen LogP contribution in [0.25, 0.3) is 0 Å². The first kappa shape index (κ1) is 15.1. The number of aryl methyl sites for hydroxylation is 3. The van der Waals surface area contributed by atoms with E-state index in [9.17, 15) is 4.79 Å². The van der Waals surface area contributed by atoms with Gasteiger partial charge in [0.1, 0.15) is 13.2 Å². The first-order valence-corrected chi connectivity index (χ1v) is 6.89. The van der Waals surface area contributed by atoms with Gasteiger partial charge in [0.2, 0.25) is 0 Å². The summed E-state index contributed by atoms with van der Waals surface area (Å²) >= 11 is 0. The highest BCUT2D eigenvalue weighted by molar-refractivity contribution is 5.69. The number of esters is 1. The number of benzene rings is 1. The summed E-state index contributed by atoms with van der Waals surface area (Å²) in [5.41, 5.74) is 11.3. The van der Waals surface area contributed by atoms with Gasteiger partial charge in [0, 0.05) is 0 Å². The number of anilines is 1. The van der Waals surface area contributed by atoms with Crippen LogP contribution in [0.2, 0.25) is 0 Å². The van der Waals surface area contributed by atoms with Crippen LogP contribution < -0.4 is 5.73 Å². The lowest BCUT2D eigenvalue weighted by atomic mass is 10.1. The second-order valence-corrected chi connectivity index (χ2v) is 5.40. The topological polar surface area (TPSA) is 70.1 Å². The van der Waals surface area contributed by atoms with Crippen LogP contribution in [0.4, 0.5) is 5.69 Å². The van der Waals surface area contributed by atoms with Gasteiger partial charge < -0.3 is 10.5 Å². The summed E-state index contributed by atoms with van der Waals surface area (Å²) in [4.78, 5) is 11.9. The standard InChI is InChI=1S/C16H21N3O2/c1-10-5-11(2)7-14(6-10)9-21-15(20)8-19-13(4)16(17)12(3)18-19/h5-7H,8-9,17H2,1-4H3. The molecule has 0 bridgehead atoms. The molecule has 2 aromatic rings. The van der Waals surface area contributed by atoms with Gasteiger partial charge in [-0.3, -0.25) is 9.48 Å². The zero-order valence-electron chi connectivity index (χ0n) is 12.9. The van der Waals surface area contributed by atoms with E-state index in [0.29, 0.717) is 5.69 Å². The van der Waals surface area contributed by atoms with E-state index in [1.807, 2.05) is 39.8 Å². The van der Waals surface area contributed by atoms with E-state index in [1.165, 1.54) is 0 Å². The summed E-state index contributed by atoms with van der Waals surface area (Å²) < 4.78 is 6.88. The van der Waals surface area contributed by atoms with Crippen molar-refractivity contribution < 1.29 is 9.53 Å². The molecule has 21 heavy (non-hydrogen) atoms. The molecule has 0 saturated carbocycles. The molecule has 1 aromatic heterocycles. The van der Waals surface area contributed by atoms with Crippen molar-refractivity contribution in [2.75, 3.05) is 5.73 Å². The van der Waals surface area contributed by atoms with Crippen LogP contribution in [0.15, 0.2) is 18.2 Å². The van der Waals surface area contributed by atoms with Crippen molar-refractivity contribution in [3.63, 3.8) is 0 Å². The van der Waals surface area contributed by atoms with Gasteiger partial charge >= 0.3 is 5.97 Å². The summed E-state index contributed by atoms with van der Waals surface area (Å²) in [6.07, 6.45) is 0. The van der Waals surface area contributed by atoms with Crippen molar-refractivity contribution in [2.24, 2.45) is 0 Å². The van der Waals surface area contributed by atoms with Gasteiger partial charge in [-0.05, 0) is 33.3 Å². The smallest absolute Gasteiger partial charge is 0.328 e. The molecule has 5 heteroatoms. The third-order valence-corrected chi connectivity index (χ3v) is 3.40. The lowest BCUT2D eigenvalue weighted by Gasteiger charge is -2.08. The van der Waals surface area contributed by atoms with Crippen molar-refractivity contribution in [1.29, 1.82) is 0 Å². The molecule has 0 aliphatic rings. The number of rotatable bonds is 4. The number of nitrogens with two attached hydrogens (primary N) is 1. The summed E-state index contributed by atoms with van der Waals surface area (Å²) in [7, 11) is 0. The fraction of sp³-hybridized carbons (Fsp3) is 0.375. The SMILES string of the molecule is Cc1cc(C)cc(COC(=O)Cn2nc(C)c(N)c2C)c1. The molecule has 0 radical (unpaired) electrons. The molecule has 1 heterocycles. The van der Waals surface area contributed by atoms with Crippen molar-refractivity contribution in [3.8, 4) is 0 Å². The minimum absolute atomic E-state index is 0.0780. The van der Waals surface area contributed by atoms with Crippen molar-refractivity contribution >= 4 is 11.7 Å². The number of carbonyl (C=O) groups is 1. The molecular weight excluding hydrogens is 266 g/mol. The number of aromatic nitrogens is 2. The van der Waals surface area contributed by atoms with Crippen LogP contribution in [0, 0.1) is 27.7 Å². The Morgan fingerprint density at radius 2 is 1.81 bits per heavy atom. The molecule has 112 valence electrons. The molecule has 0 atom stereocenters. The van der Waals surface area contributed by atoms with Crippen molar-refractivity contribution in [1.82, 2.24) is 9.78 Å². The summed E-state index contributed by atoms with van der Waals surface area (Å²) in [6.45, 7) is 8.06. The summed E-state index contributed by atoms with van der Waals surface area (Å²) in [5.74, 6) is -0.320. The summed E-state index contributed by atoms with van der Waals surface area (Å²) in [6, 6.07) is 6.12. The first-order chi connectivity index (χ1) is 9.86. The van der Waals surface area contributed by atoms with Crippen LogP contribution in [0.3, 0.4) is 0 Å². The van der Waals surface area contributed by atoms with E-state index in [-0.39, 0.29) is 19.1 Å². The van der Waals surface area contributed by atoms with E-state index >= 15 is 0 Å². The average Bonchev–Trinajstić information content (AvgIpc) is 2.63. The molecule has 1 aromatic carbocycles. The second-order valence-electron chi connectivity index (χ2n) is 5.40. The van der Waals surface area contributed by atoms with Crippen LogP contribution >= 0.6 is 0 Å². The number of nitrogen functional groups attached to an aromatic ring is 1. The zero-order chi connectivity index (χ0) is 15.6. The molecule has 5 nitrogen and oxygen atoms in total. The first-order valence-electron chi connectivity index (χ1n) is 6.89. The predicted octanol–water partition coefficient (Wildman–Crippen LogP) is 2.44. The van der Waals surface area contributed by atoms with Crippen molar-refractivity contribution in [2.45, 2.75) is 40.8 Å². The van der Waals surface area contributed by atoms with Gasteiger partial charge in [-0.25, -0.2) is 0 Å². The van der Waals surface area contributed by atoms with E-state index < -0.39 is 0 Å². The maximum absolute atomic E-state index is 11.9. The Hall–Kier alpha value is -2.30. The van der Waals surface area contributed by atoms with Gasteiger partial charge in [0.05, 0.1) is 17.1 Å². The van der Waals surface area contributed by atoms with Crippen LogP contribution in [-0.2, 0) is 22.7 Å². The monoisotopic (exact) mass is 287 g/mol. The molecule has 2 rings (SSSR count). The molecular formula is C16H21N3O2. The quantitative estimate of drug-likeness (QED) is 0.877. The molecule has 0 spiro atoms. The maximum atomic E-state index is 11.9. The molecule has 0 aliphatic carbocycles. The Balaban J connectivity index is 1.97. The minimum atomic E-state index is -0.320. The van der Waals surface area contributed by atoms with E-state index in [2.05, 4.69) is 11.2 Å². The van der Waals surface area contributed by atoms with Crippen LogP contribution in [-0.4, -0.2) is 15.7 Å². The molecule has 0 saturated heterocycles. The Morgan fingerprint density at radius 3 is 2.33 bits per heavy atom. The lowest BCUT2D eigenvalue weighted by Crippen LogP contribution is -2.15. The lowest BCUT2D eigenvalue weighted by molar-refractivity contribution is -0.145. The second kappa shape index (κ2) is 5.99. The van der Waals surface area contributed by atoms with E-state index in [0.717, 1.165) is 28.1 Å². The third-order valence-electron chi connectivity index (χ3n) is 3.40. The van der Waals surface area contributed by atoms with E-state index in [1.54, 1.807) is 4.68 Å². The Bertz CT molecular complexity index is 654. The average molecular weight is 287 g/mol. The highest BCUT2D eigenvalue weighted by Gasteiger charge is 2.12. The Labute approximate surface area is 124 Å². The molecule has 0 fully saturated rings. The van der Waals surface area contributed by atoms with Gasteiger partial charge in [0.15, 0.2) is 0 Å². The third kappa shape index (κ3) is 3.62. The van der Waals surface area contributed by atoms with E-state index in [4.69, 9.17) is 10.5 Å². The fourth-order valence-corrected chi connectivity index (χ4v) is 2.35. The molecule has 0 unspecified atom stereocenters. The van der Waals surface area contributed by atoms with Gasteiger partial charge in [-0.1, -0.05) is 29.3 Å².